The van der Waals surface area contributed by atoms with Crippen LogP contribution >= 0.6 is 11.3 Å². The van der Waals surface area contributed by atoms with Crippen LogP contribution in [0.25, 0.3) is 12.2 Å². The van der Waals surface area contributed by atoms with E-state index >= 15 is 0 Å². The molecule has 3 aromatic rings. The van der Waals surface area contributed by atoms with E-state index in [1.165, 1.54) is 43.5 Å². The SMILES string of the molecule is Cc1cc(C)c(B2c3ccccc3C=Cc3sccc32)c(C)c1. The predicted octanol–water partition coefficient (Wildman–Crippen LogP) is 3.67. The Hall–Kier alpha value is -2.06. The van der Waals surface area contributed by atoms with E-state index in [1.54, 1.807) is 0 Å². The van der Waals surface area contributed by atoms with Crippen molar-refractivity contribution in [3.8, 4) is 0 Å². The number of rotatable bonds is 1. The minimum Gasteiger partial charge on any atom is -0.145 e. The molecule has 0 amide bonds. The number of thiophene rings is 1. The molecule has 1 aliphatic rings. The van der Waals surface area contributed by atoms with E-state index in [0.29, 0.717) is 6.71 Å². The summed E-state index contributed by atoms with van der Waals surface area (Å²) in [6, 6.07) is 15.7. The van der Waals surface area contributed by atoms with Gasteiger partial charge in [0.2, 0.25) is 6.71 Å². The van der Waals surface area contributed by atoms with Crippen molar-refractivity contribution >= 4 is 46.6 Å². The van der Waals surface area contributed by atoms with E-state index in [1.807, 2.05) is 11.3 Å². The molecular weight excluding hydrogens is 295 g/mol. The van der Waals surface area contributed by atoms with Gasteiger partial charge in [-0.3, -0.25) is 0 Å². The molecule has 1 aromatic heterocycles. The van der Waals surface area contributed by atoms with Crippen molar-refractivity contribution in [1.82, 2.24) is 0 Å². The molecule has 0 N–H and O–H groups in total. The summed E-state index contributed by atoms with van der Waals surface area (Å²) in [5, 5.41) is 2.22. The van der Waals surface area contributed by atoms with Crippen molar-refractivity contribution in [2.45, 2.75) is 20.8 Å². The molecule has 0 saturated heterocycles. The fraction of sp³-hybridized carbons (Fsp3) is 0.143. The maximum absolute atomic E-state index is 2.31. The monoisotopic (exact) mass is 314 g/mol. The van der Waals surface area contributed by atoms with E-state index in [0.717, 1.165) is 0 Å². The Kier molecular flexibility index (Phi) is 3.50. The van der Waals surface area contributed by atoms with E-state index in [2.05, 4.69) is 80.8 Å². The van der Waals surface area contributed by atoms with Gasteiger partial charge in [0.1, 0.15) is 0 Å². The van der Waals surface area contributed by atoms with Crippen molar-refractivity contribution < 1.29 is 0 Å². The molecule has 0 bridgehead atoms. The Morgan fingerprint density at radius 3 is 2.35 bits per heavy atom. The second-order valence-electron chi connectivity index (χ2n) is 6.45. The van der Waals surface area contributed by atoms with Crippen LogP contribution in [0.1, 0.15) is 27.1 Å². The van der Waals surface area contributed by atoms with Gasteiger partial charge in [0.05, 0.1) is 0 Å². The summed E-state index contributed by atoms with van der Waals surface area (Å²) in [4.78, 5) is 1.38. The number of benzene rings is 2. The van der Waals surface area contributed by atoms with Gasteiger partial charge in [-0.25, -0.2) is 0 Å². The van der Waals surface area contributed by atoms with Gasteiger partial charge in [0.25, 0.3) is 0 Å². The topological polar surface area (TPSA) is 0 Å². The van der Waals surface area contributed by atoms with Crippen molar-refractivity contribution in [3.63, 3.8) is 0 Å². The van der Waals surface area contributed by atoms with E-state index in [4.69, 9.17) is 0 Å². The van der Waals surface area contributed by atoms with E-state index < -0.39 is 0 Å². The molecule has 2 heteroatoms. The standard InChI is InChI=1S/C21H19BS/c1-14-12-15(2)21(16(3)13-14)22-18-7-5-4-6-17(18)8-9-20-19(22)10-11-23-20/h4-13H,1-3H3. The van der Waals surface area contributed by atoms with Crippen molar-refractivity contribution in [1.29, 1.82) is 0 Å². The zero-order valence-electron chi connectivity index (χ0n) is 13.8. The smallest absolute Gasteiger partial charge is 0.145 e. The molecule has 2 heterocycles. The van der Waals surface area contributed by atoms with Crippen LogP contribution in [0.5, 0.6) is 0 Å². The molecule has 0 atom stereocenters. The minimum atomic E-state index is 0.322. The molecule has 112 valence electrons. The van der Waals surface area contributed by atoms with Crippen molar-refractivity contribution in [3.05, 3.63) is 75.0 Å². The first-order valence-electron chi connectivity index (χ1n) is 8.07. The fourth-order valence-corrected chi connectivity index (χ4v) is 4.75. The predicted molar refractivity (Wildman–Crippen MR) is 105 cm³/mol. The molecule has 0 fully saturated rings. The normalized spacial score (nSPS) is 12.7. The molecule has 4 rings (SSSR count). The average Bonchev–Trinajstić information content (AvgIpc) is 2.92. The molecule has 0 unspecified atom stereocenters. The van der Waals surface area contributed by atoms with Crippen LogP contribution in [-0.4, -0.2) is 6.71 Å². The molecule has 0 aliphatic carbocycles. The number of hydrogen-bond acceptors (Lipinski definition) is 1. The van der Waals surface area contributed by atoms with E-state index in [-0.39, 0.29) is 0 Å². The Morgan fingerprint density at radius 2 is 1.57 bits per heavy atom. The molecule has 0 saturated carbocycles. The van der Waals surface area contributed by atoms with Crippen LogP contribution in [0, 0.1) is 20.8 Å². The Labute approximate surface area is 142 Å². The van der Waals surface area contributed by atoms with Crippen LogP contribution in [0.4, 0.5) is 0 Å². The number of hydrogen-bond donors (Lipinski definition) is 0. The van der Waals surface area contributed by atoms with Gasteiger partial charge in [-0.05, 0) is 37.8 Å². The summed E-state index contributed by atoms with van der Waals surface area (Å²) in [6.45, 7) is 7.01. The quantitative estimate of drug-likeness (QED) is 0.470. The first kappa shape index (κ1) is 14.5. The number of fused-ring (bicyclic) bond motifs is 2. The highest BCUT2D eigenvalue weighted by Gasteiger charge is 2.30. The van der Waals surface area contributed by atoms with Crippen molar-refractivity contribution in [2.24, 2.45) is 0 Å². The second-order valence-corrected chi connectivity index (χ2v) is 7.40. The summed E-state index contributed by atoms with van der Waals surface area (Å²) in [5.41, 5.74) is 9.77. The highest BCUT2D eigenvalue weighted by Crippen LogP contribution is 2.18. The molecule has 0 radical (unpaired) electrons. The highest BCUT2D eigenvalue weighted by molar-refractivity contribution is 7.14. The van der Waals surface area contributed by atoms with Crippen LogP contribution in [0.2, 0.25) is 0 Å². The summed E-state index contributed by atoms with van der Waals surface area (Å²) in [6.07, 6.45) is 4.54. The van der Waals surface area contributed by atoms with Crippen LogP contribution in [0.15, 0.2) is 47.8 Å². The lowest BCUT2D eigenvalue weighted by Gasteiger charge is -2.21. The third-order valence-corrected chi connectivity index (χ3v) is 5.68. The summed E-state index contributed by atoms with van der Waals surface area (Å²) in [5.74, 6) is 0. The Balaban J connectivity index is 2.05. The third-order valence-electron chi connectivity index (χ3n) is 4.79. The fourth-order valence-electron chi connectivity index (χ4n) is 3.92. The molecule has 0 nitrogen and oxygen atoms in total. The Bertz CT molecular complexity index is 894. The summed E-state index contributed by atoms with van der Waals surface area (Å²) < 4.78 is 0. The van der Waals surface area contributed by atoms with Crippen molar-refractivity contribution in [2.75, 3.05) is 0 Å². The van der Waals surface area contributed by atoms with Gasteiger partial charge < -0.3 is 0 Å². The zero-order chi connectivity index (χ0) is 16.0. The van der Waals surface area contributed by atoms with E-state index in [9.17, 15) is 0 Å². The van der Waals surface area contributed by atoms with Gasteiger partial charge >= 0.3 is 0 Å². The first-order valence-corrected chi connectivity index (χ1v) is 8.95. The number of aryl methyl sites for hydroxylation is 3. The van der Waals surface area contributed by atoms with Crippen LogP contribution in [0.3, 0.4) is 0 Å². The maximum atomic E-state index is 2.31. The lowest BCUT2D eigenvalue weighted by atomic mass is 9.35. The zero-order valence-corrected chi connectivity index (χ0v) is 14.6. The summed E-state index contributed by atoms with van der Waals surface area (Å²) >= 11 is 1.84. The van der Waals surface area contributed by atoms with Crippen LogP contribution in [-0.2, 0) is 0 Å². The van der Waals surface area contributed by atoms with Gasteiger partial charge in [-0.1, -0.05) is 81.6 Å². The molecular formula is C21H19BS. The Morgan fingerprint density at radius 1 is 0.826 bits per heavy atom. The minimum absolute atomic E-state index is 0.322. The largest absolute Gasteiger partial charge is 0.244 e. The molecule has 23 heavy (non-hydrogen) atoms. The van der Waals surface area contributed by atoms with Gasteiger partial charge in [0, 0.05) is 4.88 Å². The van der Waals surface area contributed by atoms with Crippen LogP contribution < -0.4 is 16.4 Å². The lowest BCUT2D eigenvalue weighted by molar-refractivity contribution is 1.35. The first-order chi connectivity index (χ1) is 11.1. The second kappa shape index (κ2) is 5.54. The molecule has 1 aliphatic heterocycles. The molecule has 0 spiro atoms. The molecule has 2 aromatic carbocycles. The van der Waals surface area contributed by atoms with Gasteiger partial charge in [0.15, 0.2) is 0 Å². The van der Waals surface area contributed by atoms with Gasteiger partial charge in [-0.2, -0.15) is 0 Å². The third kappa shape index (κ3) is 2.38. The average molecular weight is 314 g/mol. The van der Waals surface area contributed by atoms with Gasteiger partial charge in [-0.15, -0.1) is 11.3 Å². The lowest BCUT2D eigenvalue weighted by Crippen LogP contribution is -2.54. The highest BCUT2D eigenvalue weighted by atomic mass is 32.1. The summed E-state index contributed by atoms with van der Waals surface area (Å²) in [7, 11) is 0. The maximum Gasteiger partial charge on any atom is 0.244 e.